The quantitative estimate of drug-likeness (QED) is 0.478. The van der Waals surface area contributed by atoms with Crippen LogP contribution >= 0.6 is 0 Å². The molecule has 1 aliphatic rings. The van der Waals surface area contributed by atoms with Gasteiger partial charge in [0.15, 0.2) is 5.03 Å². The Kier molecular flexibility index (Phi) is 2.70. The SMILES string of the molecule is CC(C)N1C=CN([N+](=O)[O-])C(N)C1=O. The summed E-state index contributed by atoms with van der Waals surface area (Å²) < 4.78 is 0. The first-order chi connectivity index (χ1) is 6.45. The second-order valence-corrected chi connectivity index (χ2v) is 3.20. The normalized spacial score (nSPS) is 22.0. The molecule has 0 aromatic carbocycles. The Bertz CT molecular complexity index is 289. The summed E-state index contributed by atoms with van der Waals surface area (Å²) in [5.41, 5.74) is 5.39. The van der Waals surface area contributed by atoms with Crippen molar-refractivity contribution in [3.63, 3.8) is 0 Å². The van der Waals surface area contributed by atoms with Crippen molar-refractivity contribution >= 4 is 5.91 Å². The van der Waals surface area contributed by atoms with E-state index in [-0.39, 0.29) is 6.04 Å². The van der Waals surface area contributed by atoms with Crippen molar-refractivity contribution in [2.24, 2.45) is 5.73 Å². The number of nitrogens with two attached hydrogens (primary N) is 1. The summed E-state index contributed by atoms with van der Waals surface area (Å²) in [6.07, 6.45) is 1.31. The van der Waals surface area contributed by atoms with Gasteiger partial charge in [0.05, 0.1) is 6.20 Å². The van der Waals surface area contributed by atoms with Crippen LogP contribution in [0.3, 0.4) is 0 Å². The van der Waals surface area contributed by atoms with Crippen molar-refractivity contribution in [1.29, 1.82) is 0 Å². The van der Waals surface area contributed by atoms with Crippen LogP contribution in [0.4, 0.5) is 0 Å². The van der Waals surface area contributed by atoms with Gasteiger partial charge in [-0.25, -0.2) is 10.1 Å². The molecule has 0 fully saturated rings. The molecule has 7 nitrogen and oxygen atoms in total. The third-order valence-corrected chi connectivity index (χ3v) is 1.92. The van der Waals surface area contributed by atoms with Gasteiger partial charge in [-0.1, -0.05) is 5.01 Å². The van der Waals surface area contributed by atoms with Crippen LogP contribution in [0.15, 0.2) is 12.4 Å². The molecule has 1 heterocycles. The topological polar surface area (TPSA) is 92.7 Å². The van der Waals surface area contributed by atoms with Crippen molar-refractivity contribution < 1.29 is 9.83 Å². The van der Waals surface area contributed by atoms with E-state index in [0.717, 1.165) is 0 Å². The fourth-order valence-corrected chi connectivity index (χ4v) is 1.15. The largest absolute Gasteiger partial charge is 0.312 e. The zero-order valence-corrected chi connectivity index (χ0v) is 7.95. The molecule has 0 radical (unpaired) electrons. The molecule has 1 aliphatic heterocycles. The Morgan fingerprint density at radius 1 is 1.57 bits per heavy atom. The summed E-state index contributed by atoms with van der Waals surface area (Å²) in [4.78, 5) is 23.3. The van der Waals surface area contributed by atoms with Gasteiger partial charge in [0, 0.05) is 12.2 Å². The monoisotopic (exact) mass is 200 g/mol. The number of nitro groups is 1. The number of carbonyl (C=O) groups excluding carboxylic acids is 1. The van der Waals surface area contributed by atoms with Gasteiger partial charge in [0.25, 0.3) is 5.91 Å². The summed E-state index contributed by atoms with van der Waals surface area (Å²) >= 11 is 0. The molecule has 0 bridgehead atoms. The van der Waals surface area contributed by atoms with E-state index >= 15 is 0 Å². The molecule has 0 aromatic rings. The molecule has 1 rings (SSSR count). The number of nitrogens with zero attached hydrogens (tertiary/aromatic N) is 3. The third kappa shape index (κ3) is 1.67. The smallest absolute Gasteiger partial charge is 0.270 e. The Morgan fingerprint density at radius 3 is 2.57 bits per heavy atom. The maximum absolute atomic E-state index is 11.5. The lowest BCUT2D eigenvalue weighted by Gasteiger charge is -2.30. The van der Waals surface area contributed by atoms with Crippen LogP contribution in [0.1, 0.15) is 13.8 Å². The minimum atomic E-state index is -1.24. The second kappa shape index (κ2) is 3.62. The lowest BCUT2D eigenvalue weighted by atomic mass is 10.2. The summed E-state index contributed by atoms with van der Waals surface area (Å²) in [6.45, 7) is 3.60. The molecular weight excluding hydrogens is 188 g/mol. The molecule has 1 amide bonds. The molecule has 0 aliphatic carbocycles. The molecule has 0 aromatic heterocycles. The molecule has 2 N–H and O–H groups in total. The van der Waals surface area contributed by atoms with E-state index in [1.807, 2.05) is 0 Å². The van der Waals surface area contributed by atoms with Crippen molar-refractivity contribution in [2.45, 2.75) is 26.1 Å². The summed E-state index contributed by atoms with van der Waals surface area (Å²) in [5.74, 6) is -0.473. The lowest BCUT2D eigenvalue weighted by Crippen LogP contribution is -2.56. The van der Waals surface area contributed by atoms with Crippen LogP contribution < -0.4 is 5.73 Å². The molecule has 1 atom stereocenters. The highest BCUT2D eigenvalue weighted by Crippen LogP contribution is 2.11. The number of amides is 1. The highest BCUT2D eigenvalue weighted by Gasteiger charge is 2.35. The van der Waals surface area contributed by atoms with E-state index in [1.165, 1.54) is 17.3 Å². The van der Waals surface area contributed by atoms with Crippen LogP contribution in [0.25, 0.3) is 0 Å². The fraction of sp³-hybridized carbons (Fsp3) is 0.571. The lowest BCUT2D eigenvalue weighted by molar-refractivity contribution is -0.646. The average molecular weight is 200 g/mol. The Labute approximate surface area is 80.9 Å². The first-order valence-corrected chi connectivity index (χ1v) is 4.14. The van der Waals surface area contributed by atoms with Crippen LogP contribution in [0.2, 0.25) is 0 Å². The number of hydrogen-bond donors (Lipinski definition) is 1. The zero-order valence-electron chi connectivity index (χ0n) is 7.95. The number of hydrogen-bond acceptors (Lipinski definition) is 4. The third-order valence-electron chi connectivity index (χ3n) is 1.92. The van der Waals surface area contributed by atoms with Crippen molar-refractivity contribution in [3.05, 3.63) is 22.5 Å². The summed E-state index contributed by atoms with van der Waals surface area (Å²) in [5, 5.41) is 10.3. The first-order valence-electron chi connectivity index (χ1n) is 4.14. The highest BCUT2D eigenvalue weighted by molar-refractivity contribution is 5.83. The van der Waals surface area contributed by atoms with Gasteiger partial charge in [-0.3, -0.25) is 10.5 Å². The van der Waals surface area contributed by atoms with Gasteiger partial charge in [0.1, 0.15) is 0 Å². The van der Waals surface area contributed by atoms with Crippen molar-refractivity contribution in [2.75, 3.05) is 0 Å². The Morgan fingerprint density at radius 2 is 2.14 bits per heavy atom. The summed E-state index contributed by atoms with van der Waals surface area (Å²) in [7, 11) is 0. The maximum Gasteiger partial charge on any atom is 0.270 e. The van der Waals surface area contributed by atoms with Gasteiger partial charge < -0.3 is 4.90 Å². The molecule has 7 heteroatoms. The minimum Gasteiger partial charge on any atom is -0.312 e. The van der Waals surface area contributed by atoms with Crippen LogP contribution in [0.5, 0.6) is 0 Å². The van der Waals surface area contributed by atoms with Crippen molar-refractivity contribution in [1.82, 2.24) is 9.91 Å². The zero-order chi connectivity index (χ0) is 10.9. The van der Waals surface area contributed by atoms with E-state index in [1.54, 1.807) is 13.8 Å². The summed E-state index contributed by atoms with van der Waals surface area (Å²) in [6, 6.07) is -0.0568. The molecule has 0 saturated carbocycles. The van der Waals surface area contributed by atoms with E-state index in [4.69, 9.17) is 5.73 Å². The predicted molar refractivity (Wildman–Crippen MR) is 47.9 cm³/mol. The minimum absolute atomic E-state index is 0.0568. The van der Waals surface area contributed by atoms with E-state index in [0.29, 0.717) is 5.01 Å². The second-order valence-electron chi connectivity index (χ2n) is 3.20. The van der Waals surface area contributed by atoms with Crippen LogP contribution in [-0.2, 0) is 4.79 Å². The predicted octanol–water partition coefficient (Wildman–Crippen LogP) is -0.513. The van der Waals surface area contributed by atoms with E-state index in [2.05, 4.69) is 0 Å². The molecule has 0 saturated heterocycles. The van der Waals surface area contributed by atoms with E-state index in [9.17, 15) is 14.9 Å². The van der Waals surface area contributed by atoms with Gasteiger partial charge in [-0.05, 0) is 13.8 Å². The average Bonchev–Trinajstić information content (AvgIpc) is 2.08. The van der Waals surface area contributed by atoms with Gasteiger partial charge in [0.2, 0.25) is 6.17 Å². The first kappa shape index (κ1) is 10.5. The fourth-order valence-electron chi connectivity index (χ4n) is 1.15. The van der Waals surface area contributed by atoms with Crippen LogP contribution in [0, 0.1) is 10.1 Å². The molecule has 78 valence electrons. The Hall–Kier alpha value is -1.63. The Balaban J connectivity index is 2.91. The van der Waals surface area contributed by atoms with Crippen molar-refractivity contribution in [3.8, 4) is 0 Å². The molecule has 14 heavy (non-hydrogen) atoms. The van der Waals surface area contributed by atoms with Gasteiger partial charge in [-0.15, -0.1) is 0 Å². The molecular formula is C7H12N4O3. The highest BCUT2D eigenvalue weighted by atomic mass is 16.7. The number of hydrazine groups is 1. The number of rotatable bonds is 2. The molecule has 1 unspecified atom stereocenters. The van der Waals surface area contributed by atoms with Gasteiger partial charge >= 0.3 is 0 Å². The molecule has 0 spiro atoms. The van der Waals surface area contributed by atoms with E-state index < -0.39 is 17.1 Å². The number of carbonyl (C=O) groups is 1. The van der Waals surface area contributed by atoms with Gasteiger partial charge in [-0.2, -0.15) is 0 Å². The maximum atomic E-state index is 11.5. The standard InChI is InChI=1S/C7H12N4O3/c1-5(2)9-3-4-10(11(13)14)6(8)7(9)12/h3-6H,8H2,1-2H3. The van der Waals surface area contributed by atoms with Crippen LogP contribution in [-0.4, -0.2) is 33.1 Å².